The van der Waals surface area contributed by atoms with Gasteiger partial charge in [0.1, 0.15) is 17.3 Å². The van der Waals surface area contributed by atoms with Crippen molar-refractivity contribution in [3.63, 3.8) is 0 Å². The first kappa shape index (κ1) is 21.1. The van der Waals surface area contributed by atoms with E-state index in [1.807, 2.05) is 0 Å². The number of hydrogen-bond acceptors (Lipinski definition) is 5. The minimum absolute atomic E-state index is 0.0661. The maximum Gasteiger partial charge on any atom is 0.300 e. The first-order valence-electron chi connectivity index (χ1n) is 9.33. The lowest BCUT2D eigenvalue weighted by atomic mass is 9.95. The van der Waals surface area contributed by atoms with Gasteiger partial charge in [0, 0.05) is 24.1 Å². The first-order valence-corrected chi connectivity index (χ1v) is 9.33. The molecule has 162 valence electrons. The second-order valence-electron chi connectivity index (χ2n) is 6.89. The van der Waals surface area contributed by atoms with E-state index >= 15 is 0 Å². The number of methoxy groups -OCH3 is 1. The molecule has 6 nitrogen and oxygen atoms in total. The number of aliphatic hydroxyl groups excluding tert-OH is 1. The van der Waals surface area contributed by atoms with Crippen molar-refractivity contribution in [1.29, 1.82) is 0 Å². The Balaban J connectivity index is 1.98. The minimum Gasteiger partial charge on any atom is -0.507 e. The summed E-state index contributed by atoms with van der Waals surface area (Å²) in [4.78, 5) is 30.8. The van der Waals surface area contributed by atoms with E-state index in [0.29, 0.717) is 5.56 Å². The maximum atomic E-state index is 13.9. The van der Waals surface area contributed by atoms with Gasteiger partial charge in [-0.05, 0) is 48.0 Å². The molecule has 1 unspecified atom stereocenters. The molecule has 0 aliphatic carbocycles. The van der Waals surface area contributed by atoms with Crippen LogP contribution in [0.15, 0.2) is 66.5 Å². The summed E-state index contributed by atoms with van der Waals surface area (Å²) >= 11 is 0. The number of benzene rings is 2. The third kappa shape index (κ3) is 3.47. The lowest BCUT2D eigenvalue weighted by molar-refractivity contribution is -0.132. The number of ketones is 1. The van der Waals surface area contributed by atoms with Gasteiger partial charge in [0.25, 0.3) is 11.7 Å². The molecule has 0 bridgehead atoms. The van der Waals surface area contributed by atoms with Crippen molar-refractivity contribution < 1.29 is 32.6 Å². The van der Waals surface area contributed by atoms with Gasteiger partial charge >= 0.3 is 0 Å². The van der Waals surface area contributed by atoms with E-state index in [4.69, 9.17) is 4.74 Å². The summed E-state index contributed by atoms with van der Waals surface area (Å²) in [6, 6.07) is 7.85. The number of aliphatic hydroxyl groups is 1. The van der Waals surface area contributed by atoms with Crippen LogP contribution in [0.25, 0.3) is 5.76 Å². The fourth-order valence-corrected chi connectivity index (χ4v) is 3.61. The predicted octanol–water partition coefficient (Wildman–Crippen LogP) is 4.13. The number of carbonyl (C=O) groups excluding carboxylic acids is 2. The third-order valence-corrected chi connectivity index (χ3v) is 5.06. The van der Waals surface area contributed by atoms with Crippen molar-refractivity contribution in [2.45, 2.75) is 6.04 Å². The van der Waals surface area contributed by atoms with Gasteiger partial charge in [-0.25, -0.2) is 13.2 Å². The average molecular weight is 440 g/mol. The Bertz CT molecular complexity index is 1260. The summed E-state index contributed by atoms with van der Waals surface area (Å²) in [7, 11) is 1.30. The molecule has 1 aliphatic rings. The SMILES string of the molecule is COc1ccc(F)cc1/C(O)=C1\C(=O)C(=O)N(c2ccc(F)c(F)c2)C1c1ccncc1. The molecular weight excluding hydrogens is 425 g/mol. The van der Waals surface area contributed by atoms with E-state index in [1.54, 1.807) is 0 Å². The standard InChI is InChI=1S/C23H15F3N2O4/c1-32-18-5-2-13(24)10-15(18)21(29)19-20(12-6-8-27-9-7-12)28(23(31)22(19)30)14-3-4-16(25)17(26)11-14/h2-11,20,29H,1H3/b21-19+. The van der Waals surface area contributed by atoms with Gasteiger partial charge in [0.2, 0.25) is 0 Å². The van der Waals surface area contributed by atoms with Crippen LogP contribution >= 0.6 is 0 Å². The van der Waals surface area contributed by atoms with Crippen LogP contribution in [0.2, 0.25) is 0 Å². The van der Waals surface area contributed by atoms with E-state index in [-0.39, 0.29) is 22.6 Å². The second-order valence-corrected chi connectivity index (χ2v) is 6.89. The molecule has 9 heteroatoms. The van der Waals surface area contributed by atoms with Gasteiger partial charge in [-0.1, -0.05) is 0 Å². The molecule has 0 spiro atoms. The monoisotopic (exact) mass is 440 g/mol. The Morgan fingerprint density at radius 2 is 1.72 bits per heavy atom. The summed E-state index contributed by atoms with van der Waals surface area (Å²) in [6.45, 7) is 0. The largest absolute Gasteiger partial charge is 0.507 e. The van der Waals surface area contributed by atoms with Crippen LogP contribution in [0.3, 0.4) is 0 Å². The Hall–Kier alpha value is -4.14. The number of nitrogens with zero attached hydrogens (tertiary/aromatic N) is 2. The highest BCUT2D eigenvalue weighted by Crippen LogP contribution is 2.43. The first-order chi connectivity index (χ1) is 15.3. The maximum absolute atomic E-state index is 13.9. The Labute approximate surface area is 180 Å². The van der Waals surface area contributed by atoms with Crippen molar-refractivity contribution in [2.75, 3.05) is 12.0 Å². The molecule has 1 aliphatic heterocycles. The van der Waals surface area contributed by atoms with E-state index < -0.39 is 40.9 Å². The van der Waals surface area contributed by atoms with Crippen LogP contribution in [-0.2, 0) is 9.59 Å². The number of carbonyl (C=O) groups is 2. The van der Waals surface area contributed by atoms with Crippen molar-refractivity contribution >= 4 is 23.1 Å². The van der Waals surface area contributed by atoms with E-state index in [9.17, 15) is 27.9 Å². The van der Waals surface area contributed by atoms with Crippen molar-refractivity contribution in [2.24, 2.45) is 0 Å². The van der Waals surface area contributed by atoms with E-state index in [0.717, 1.165) is 35.2 Å². The molecule has 0 saturated carbocycles. The highest BCUT2D eigenvalue weighted by atomic mass is 19.2. The molecule has 1 N–H and O–H groups in total. The molecule has 3 aromatic rings. The second kappa shape index (κ2) is 8.18. The van der Waals surface area contributed by atoms with Gasteiger partial charge in [-0.3, -0.25) is 19.5 Å². The van der Waals surface area contributed by atoms with Crippen molar-refractivity contribution in [1.82, 2.24) is 4.98 Å². The van der Waals surface area contributed by atoms with Crippen LogP contribution < -0.4 is 9.64 Å². The Kier molecular flexibility index (Phi) is 5.40. The molecule has 1 fully saturated rings. The summed E-state index contributed by atoms with van der Waals surface area (Å²) < 4.78 is 46.5. The number of hydrogen-bond donors (Lipinski definition) is 1. The fraction of sp³-hybridized carbons (Fsp3) is 0.0870. The molecular formula is C23H15F3N2O4. The third-order valence-electron chi connectivity index (χ3n) is 5.06. The molecule has 32 heavy (non-hydrogen) atoms. The van der Waals surface area contributed by atoms with Gasteiger partial charge in [-0.15, -0.1) is 0 Å². The summed E-state index contributed by atoms with van der Waals surface area (Å²) in [5.74, 6) is -5.82. The lowest BCUT2D eigenvalue weighted by Crippen LogP contribution is -2.29. The summed E-state index contributed by atoms with van der Waals surface area (Å²) in [5, 5.41) is 11.0. The molecule has 1 atom stereocenters. The van der Waals surface area contributed by atoms with E-state index in [2.05, 4.69) is 4.98 Å². The molecule has 2 aromatic carbocycles. The molecule has 0 radical (unpaired) electrons. The van der Waals surface area contributed by atoms with Gasteiger partial charge in [-0.2, -0.15) is 0 Å². The minimum atomic E-state index is -1.22. The molecule has 1 amide bonds. The Morgan fingerprint density at radius 3 is 2.38 bits per heavy atom. The average Bonchev–Trinajstić information content (AvgIpc) is 3.06. The number of Topliss-reactive ketones (excluding diaryl/α,β-unsaturated/α-hetero) is 1. The molecule has 1 aromatic heterocycles. The van der Waals surface area contributed by atoms with E-state index in [1.165, 1.54) is 37.7 Å². The predicted molar refractivity (Wildman–Crippen MR) is 108 cm³/mol. The van der Waals surface area contributed by atoms with Crippen LogP contribution in [0.5, 0.6) is 5.75 Å². The van der Waals surface area contributed by atoms with Crippen molar-refractivity contribution in [3.05, 3.63) is 95.1 Å². The highest BCUT2D eigenvalue weighted by Gasteiger charge is 2.47. The topological polar surface area (TPSA) is 79.7 Å². The van der Waals surface area contributed by atoms with Gasteiger partial charge < -0.3 is 9.84 Å². The molecule has 2 heterocycles. The zero-order chi connectivity index (χ0) is 23.0. The number of halogens is 3. The van der Waals surface area contributed by atoms with Crippen LogP contribution in [-0.4, -0.2) is 28.9 Å². The fourth-order valence-electron chi connectivity index (χ4n) is 3.61. The molecule has 1 saturated heterocycles. The summed E-state index contributed by atoms with van der Waals surface area (Å²) in [6.07, 6.45) is 2.81. The number of amides is 1. The normalized spacial score (nSPS) is 17.6. The van der Waals surface area contributed by atoms with Gasteiger partial charge in [0.05, 0.1) is 24.3 Å². The number of ether oxygens (including phenoxy) is 1. The van der Waals surface area contributed by atoms with Crippen LogP contribution in [0.4, 0.5) is 18.9 Å². The Morgan fingerprint density at radius 1 is 1.00 bits per heavy atom. The molecule has 4 rings (SSSR count). The zero-order valence-corrected chi connectivity index (χ0v) is 16.6. The number of aromatic nitrogens is 1. The zero-order valence-electron chi connectivity index (χ0n) is 16.6. The number of rotatable bonds is 4. The smallest absolute Gasteiger partial charge is 0.300 e. The number of pyridine rings is 1. The van der Waals surface area contributed by atoms with Crippen LogP contribution in [0, 0.1) is 17.5 Å². The lowest BCUT2D eigenvalue weighted by Gasteiger charge is -2.25. The highest BCUT2D eigenvalue weighted by molar-refractivity contribution is 6.51. The van der Waals surface area contributed by atoms with Crippen molar-refractivity contribution in [3.8, 4) is 5.75 Å². The summed E-state index contributed by atoms with van der Waals surface area (Å²) in [5.41, 5.74) is -0.247. The quantitative estimate of drug-likeness (QED) is 0.375. The number of anilines is 1. The van der Waals surface area contributed by atoms with Crippen LogP contribution in [0.1, 0.15) is 17.2 Å². The van der Waals surface area contributed by atoms with Gasteiger partial charge in [0.15, 0.2) is 11.6 Å².